The standard InChI is InChI=1S/C14H21ClN2O3S/c1-10(2)8-9-16-14(18)11(3)17-21(19,20)13-6-4-12(15)5-7-13/h4-7,10-11,17H,8-9H2,1-3H3,(H,16,18)/t11-/m0/s1. The van der Waals surface area contributed by atoms with Crippen molar-refractivity contribution in [1.29, 1.82) is 0 Å². The third kappa shape index (κ3) is 6.03. The number of hydrogen-bond acceptors (Lipinski definition) is 3. The molecule has 1 aromatic rings. The maximum atomic E-state index is 12.1. The lowest BCUT2D eigenvalue weighted by atomic mass is 10.1. The summed E-state index contributed by atoms with van der Waals surface area (Å²) in [7, 11) is -3.73. The third-order valence-electron chi connectivity index (χ3n) is 2.87. The van der Waals surface area contributed by atoms with Gasteiger partial charge in [-0.15, -0.1) is 0 Å². The van der Waals surface area contributed by atoms with E-state index in [1.54, 1.807) is 0 Å². The van der Waals surface area contributed by atoms with Gasteiger partial charge in [0.2, 0.25) is 15.9 Å². The monoisotopic (exact) mass is 332 g/mol. The lowest BCUT2D eigenvalue weighted by Crippen LogP contribution is -2.45. The molecule has 1 amide bonds. The van der Waals surface area contributed by atoms with Crippen molar-refractivity contribution in [2.45, 2.75) is 38.1 Å². The maximum absolute atomic E-state index is 12.1. The quantitative estimate of drug-likeness (QED) is 0.803. The van der Waals surface area contributed by atoms with Crippen LogP contribution in [0.25, 0.3) is 0 Å². The molecule has 0 saturated heterocycles. The van der Waals surface area contributed by atoms with Gasteiger partial charge in [-0.05, 0) is 43.5 Å². The molecule has 2 N–H and O–H groups in total. The van der Waals surface area contributed by atoms with Crippen molar-refractivity contribution in [2.75, 3.05) is 6.54 Å². The van der Waals surface area contributed by atoms with Crippen molar-refractivity contribution in [1.82, 2.24) is 10.0 Å². The second kappa shape index (κ2) is 7.77. The maximum Gasteiger partial charge on any atom is 0.241 e. The zero-order valence-corrected chi connectivity index (χ0v) is 14.0. The molecule has 0 aliphatic carbocycles. The Bertz CT molecular complexity index is 570. The Balaban J connectivity index is 2.62. The fourth-order valence-corrected chi connectivity index (χ4v) is 2.93. The van der Waals surface area contributed by atoms with E-state index in [9.17, 15) is 13.2 Å². The smallest absolute Gasteiger partial charge is 0.241 e. The van der Waals surface area contributed by atoms with Crippen LogP contribution in [0.4, 0.5) is 0 Å². The first kappa shape index (κ1) is 17.9. The Labute approximate surface area is 131 Å². The van der Waals surface area contributed by atoms with Crippen LogP contribution >= 0.6 is 11.6 Å². The van der Waals surface area contributed by atoms with Gasteiger partial charge in [0.15, 0.2) is 0 Å². The van der Waals surface area contributed by atoms with Gasteiger partial charge in [-0.1, -0.05) is 25.4 Å². The highest BCUT2D eigenvalue weighted by Crippen LogP contribution is 2.14. The highest BCUT2D eigenvalue weighted by atomic mass is 35.5. The minimum absolute atomic E-state index is 0.0775. The normalized spacial score (nSPS) is 13.2. The lowest BCUT2D eigenvalue weighted by molar-refractivity contribution is -0.122. The molecule has 1 atom stereocenters. The summed E-state index contributed by atoms with van der Waals surface area (Å²) in [6.45, 7) is 6.15. The number of hydrogen-bond donors (Lipinski definition) is 2. The summed E-state index contributed by atoms with van der Waals surface area (Å²) in [5, 5.41) is 3.16. The van der Waals surface area contributed by atoms with Gasteiger partial charge >= 0.3 is 0 Å². The number of sulfonamides is 1. The van der Waals surface area contributed by atoms with Gasteiger partial charge in [0.1, 0.15) is 0 Å². The van der Waals surface area contributed by atoms with Crippen molar-refractivity contribution in [3.05, 3.63) is 29.3 Å². The molecule has 0 spiro atoms. The SMILES string of the molecule is CC(C)CCNC(=O)[C@H](C)NS(=O)(=O)c1ccc(Cl)cc1. The van der Waals surface area contributed by atoms with E-state index in [-0.39, 0.29) is 10.8 Å². The van der Waals surface area contributed by atoms with E-state index in [2.05, 4.69) is 23.9 Å². The van der Waals surface area contributed by atoms with Crippen LogP contribution in [-0.4, -0.2) is 26.9 Å². The van der Waals surface area contributed by atoms with Gasteiger partial charge in [0, 0.05) is 11.6 Å². The molecule has 21 heavy (non-hydrogen) atoms. The van der Waals surface area contributed by atoms with E-state index >= 15 is 0 Å². The molecule has 7 heteroatoms. The van der Waals surface area contributed by atoms with E-state index in [1.165, 1.54) is 31.2 Å². The number of carbonyl (C=O) groups excluding carboxylic acids is 1. The first-order valence-electron chi connectivity index (χ1n) is 6.78. The Kier molecular flexibility index (Phi) is 6.64. The first-order valence-corrected chi connectivity index (χ1v) is 8.64. The molecular weight excluding hydrogens is 312 g/mol. The highest BCUT2D eigenvalue weighted by Gasteiger charge is 2.21. The topological polar surface area (TPSA) is 75.3 Å². The molecule has 0 aromatic heterocycles. The van der Waals surface area contributed by atoms with Crippen LogP contribution in [0.1, 0.15) is 27.2 Å². The van der Waals surface area contributed by atoms with Gasteiger partial charge in [0.05, 0.1) is 10.9 Å². The summed E-state index contributed by atoms with van der Waals surface area (Å²) in [5.41, 5.74) is 0. The third-order valence-corrected chi connectivity index (χ3v) is 4.68. The van der Waals surface area contributed by atoms with E-state index in [0.29, 0.717) is 17.5 Å². The fourth-order valence-electron chi connectivity index (χ4n) is 1.61. The van der Waals surface area contributed by atoms with Crippen LogP contribution in [-0.2, 0) is 14.8 Å². The largest absolute Gasteiger partial charge is 0.355 e. The number of benzene rings is 1. The number of nitrogens with one attached hydrogen (secondary N) is 2. The summed E-state index contributed by atoms with van der Waals surface area (Å²) < 4.78 is 26.6. The van der Waals surface area contributed by atoms with Crippen LogP contribution in [0.3, 0.4) is 0 Å². The molecule has 0 unspecified atom stereocenters. The second-order valence-electron chi connectivity index (χ2n) is 5.27. The van der Waals surface area contributed by atoms with Crippen LogP contribution in [0.5, 0.6) is 0 Å². The summed E-state index contributed by atoms with van der Waals surface area (Å²) >= 11 is 5.72. The molecule has 0 fully saturated rings. The average molecular weight is 333 g/mol. The predicted molar refractivity (Wildman–Crippen MR) is 83.7 cm³/mol. The van der Waals surface area contributed by atoms with Crippen molar-refractivity contribution < 1.29 is 13.2 Å². The van der Waals surface area contributed by atoms with Crippen LogP contribution in [0.2, 0.25) is 5.02 Å². The van der Waals surface area contributed by atoms with Gasteiger partial charge < -0.3 is 5.32 Å². The minimum Gasteiger partial charge on any atom is -0.355 e. The summed E-state index contributed by atoms with van der Waals surface area (Å²) in [5.74, 6) is 0.138. The van der Waals surface area contributed by atoms with E-state index < -0.39 is 16.1 Å². The molecule has 0 heterocycles. The molecule has 0 bridgehead atoms. The first-order chi connectivity index (χ1) is 9.72. The number of amides is 1. The molecule has 0 saturated carbocycles. The van der Waals surface area contributed by atoms with Gasteiger partial charge in [-0.2, -0.15) is 4.72 Å². The summed E-state index contributed by atoms with van der Waals surface area (Å²) in [6, 6.07) is 4.94. The Morgan fingerprint density at radius 3 is 2.29 bits per heavy atom. The molecule has 1 rings (SSSR count). The van der Waals surface area contributed by atoms with Gasteiger partial charge in [-0.25, -0.2) is 8.42 Å². The predicted octanol–water partition coefficient (Wildman–Crippen LogP) is 2.17. The molecule has 1 aromatic carbocycles. The molecular formula is C14H21ClN2O3S. The van der Waals surface area contributed by atoms with Crippen molar-refractivity contribution in [3.8, 4) is 0 Å². The molecule has 0 radical (unpaired) electrons. The number of halogens is 1. The van der Waals surface area contributed by atoms with Crippen molar-refractivity contribution in [2.24, 2.45) is 5.92 Å². The average Bonchev–Trinajstić information content (AvgIpc) is 2.38. The molecule has 118 valence electrons. The molecule has 0 aliphatic heterocycles. The highest BCUT2D eigenvalue weighted by molar-refractivity contribution is 7.89. The van der Waals surface area contributed by atoms with E-state index in [1.807, 2.05) is 0 Å². The minimum atomic E-state index is -3.73. The Morgan fingerprint density at radius 2 is 1.76 bits per heavy atom. The Morgan fingerprint density at radius 1 is 1.19 bits per heavy atom. The Hall–Kier alpha value is -1.11. The van der Waals surface area contributed by atoms with Gasteiger partial charge in [-0.3, -0.25) is 4.79 Å². The lowest BCUT2D eigenvalue weighted by Gasteiger charge is -2.15. The second-order valence-corrected chi connectivity index (χ2v) is 7.42. The van der Waals surface area contributed by atoms with Gasteiger partial charge in [0.25, 0.3) is 0 Å². The number of rotatable bonds is 7. The van der Waals surface area contributed by atoms with E-state index in [4.69, 9.17) is 11.6 Å². The summed E-state index contributed by atoms with van der Waals surface area (Å²) in [6.07, 6.45) is 0.850. The molecule has 0 aliphatic rings. The van der Waals surface area contributed by atoms with Crippen molar-refractivity contribution in [3.63, 3.8) is 0 Å². The number of carbonyl (C=O) groups is 1. The molecule has 5 nitrogen and oxygen atoms in total. The summed E-state index contributed by atoms with van der Waals surface area (Å²) in [4.78, 5) is 11.9. The zero-order chi connectivity index (χ0) is 16.0. The van der Waals surface area contributed by atoms with Crippen LogP contribution in [0.15, 0.2) is 29.2 Å². The van der Waals surface area contributed by atoms with Crippen molar-refractivity contribution >= 4 is 27.5 Å². The fraction of sp³-hybridized carbons (Fsp3) is 0.500. The van der Waals surface area contributed by atoms with Crippen LogP contribution < -0.4 is 10.0 Å². The van der Waals surface area contributed by atoms with E-state index in [0.717, 1.165) is 6.42 Å². The van der Waals surface area contributed by atoms with Crippen LogP contribution in [0, 0.1) is 5.92 Å². The zero-order valence-electron chi connectivity index (χ0n) is 12.4.